The lowest BCUT2D eigenvalue weighted by molar-refractivity contribution is -0.140. The van der Waals surface area contributed by atoms with Crippen LogP contribution >= 0.6 is 15.9 Å². The number of aryl methyl sites for hydroxylation is 1. The highest BCUT2D eigenvalue weighted by Gasteiger charge is 2.46. The second-order valence-corrected chi connectivity index (χ2v) is 8.45. The molecule has 3 aromatic heterocycles. The molecule has 0 radical (unpaired) electrons. The molecule has 4 aromatic rings. The highest BCUT2D eigenvalue weighted by atomic mass is 79.9. The molecule has 1 atom stereocenters. The Balaban J connectivity index is 1.72. The second kappa shape index (κ2) is 7.80. The van der Waals surface area contributed by atoms with E-state index in [0.717, 1.165) is 4.47 Å². The highest BCUT2D eigenvalue weighted by molar-refractivity contribution is 9.10. The van der Waals surface area contributed by atoms with Gasteiger partial charge in [-0.2, -0.15) is 0 Å². The van der Waals surface area contributed by atoms with Gasteiger partial charge in [0.1, 0.15) is 17.1 Å². The summed E-state index contributed by atoms with van der Waals surface area (Å²) in [6.45, 7) is 1.86. The molecule has 8 heteroatoms. The maximum Gasteiger partial charge on any atom is 0.296 e. The van der Waals surface area contributed by atoms with Crippen LogP contribution in [-0.4, -0.2) is 31.1 Å². The zero-order chi connectivity index (χ0) is 22.4. The summed E-state index contributed by atoms with van der Waals surface area (Å²) in [5.74, 6) is -1.15. The number of hydrogen-bond acceptors (Lipinski definition) is 5. The number of benzene rings is 1. The summed E-state index contributed by atoms with van der Waals surface area (Å²) in [4.78, 5) is 32.2. The first-order chi connectivity index (χ1) is 15.5. The molecule has 0 aliphatic carbocycles. The highest BCUT2D eigenvalue weighted by Crippen LogP contribution is 2.41. The molecular formula is C24H18BrN3O4. The maximum atomic E-state index is 13.2. The number of fused-ring (bicyclic) bond motifs is 1. The van der Waals surface area contributed by atoms with Crippen LogP contribution in [-0.2, 0) is 16.1 Å². The van der Waals surface area contributed by atoms with Crippen molar-refractivity contribution >= 4 is 39.0 Å². The van der Waals surface area contributed by atoms with Crippen molar-refractivity contribution in [2.45, 2.75) is 19.5 Å². The van der Waals surface area contributed by atoms with E-state index in [1.54, 1.807) is 29.7 Å². The summed E-state index contributed by atoms with van der Waals surface area (Å²) in [5, 5.41) is 11.4. The quantitative estimate of drug-likeness (QED) is 0.255. The third-order valence-corrected chi connectivity index (χ3v) is 6.09. The lowest BCUT2D eigenvalue weighted by atomic mass is 9.96. The molecule has 1 unspecified atom stereocenters. The summed E-state index contributed by atoms with van der Waals surface area (Å²) in [6, 6.07) is 15.5. The predicted molar refractivity (Wildman–Crippen MR) is 121 cm³/mol. The van der Waals surface area contributed by atoms with Crippen molar-refractivity contribution in [2.75, 3.05) is 0 Å². The second-order valence-electron chi connectivity index (χ2n) is 7.53. The summed E-state index contributed by atoms with van der Waals surface area (Å²) in [5.41, 5.74) is 2.31. The average Bonchev–Trinajstić information content (AvgIpc) is 3.47. The van der Waals surface area contributed by atoms with Gasteiger partial charge in [-0.3, -0.25) is 14.0 Å². The van der Waals surface area contributed by atoms with Crippen LogP contribution in [0.2, 0.25) is 0 Å². The molecule has 1 fully saturated rings. The van der Waals surface area contributed by atoms with Crippen molar-refractivity contribution in [1.29, 1.82) is 0 Å². The van der Waals surface area contributed by atoms with Gasteiger partial charge in [0.2, 0.25) is 0 Å². The Bertz CT molecular complexity index is 1370. The number of aliphatic hydroxyl groups excluding tert-OH is 1. The number of likely N-dealkylation sites (tertiary alicyclic amines) is 1. The summed E-state index contributed by atoms with van der Waals surface area (Å²) >= 11 is 3.42. The van der Waals surface area contributed by atoms with E-state index in [2.05, 4.69) is 20.9 Å². The zero-order valence-electron chi connectivity index (χ0n) is 17.0. The Labute approximate surface area is 191 Å². The monoisotopic (exact) mass is 491 g/mol. The number of furan rings is 1. The molecule has 1 aliphatic rings. The average molecular weight is 492 g/mol. The van der Waals surface area contributed by atoms with E-state index in [9.17, 15) is 14.7 Å². The predicted octanol–water partition coefficient (Wildman–Crippen LogP) is 4.62. The van der Waals surface area contributed by atoms with Gasteiger partial charge in [0.15, 0.2) is 5.76 Å². The van der Waals surface area contributed by atoms with Gasteiger partial charge >= 0.3 is 0 Å². The van der Waals surface area contributed by atoms with Crippen LogP contribution in [0.3, 0.4) is 0 Å². The zero-order valence-corrected chi connectivity index (χ0v) is 18.6. The van der Waals surface area contributed by atoms with E-state index in [-0.39, 0.29) is 17.9 Å². The molecule has 7 nitrogen and oxygen atoms in total. The van der Waals surface area contributed by atoms with Crippen molar-refractivity contribution in [1.82, 2.24) is 14.3 Å². The van der Waals surface area contributed by atoms with Gasteiger partial charge in [-0.15, -0.1) is 0 Å². The van der Waals surface area contributed by atoms with E-state index >= 15 is 0 Å². The minimum absolute atomic E-state index is 0.0256. The fourth-order valence-electron chi connectivity index (χ4n) is 4.13. The Morgan fingerprint density at radius 1 is 1.12 bits per heavy atom. The van der Waals surface area contributed by atoms with Crippen molar-refractivity contribution in [3.63, 3.8) is 0 Å². The van der Waals surface area contributed by atoms with Gasteiger partial charge in [0.05, 0.1) is 30.1 Å². The van der Waals surface area contributed by atoms with Gasteiger partial charge < -0.3 is 14.4 Å². The number of nitrogens with zero attached hydrogens (tertiary/aromatic N) is 3. The SMILES string of the molecule is Cc1nc2ccccn2c1C(O)=C1C(=O)C(=O)N(Cc2ccco2)C1c1ccc(Br)cc1. The number of amides is 1. The van der Waals surface area contributed by atoms with Crippen LogP contribution in [0.25, 0.3) is 11.4 Å². The van der Waals surface area contributed by atoms with Gasteiger partial charge in [-0.05, 0) is 48.9 Å². The largest absolute Gasteiger partial charge is 0.505 e. The standard InChI is InChI=1S/C24H18BrN3O4/c1-14-20(27-11-3-2-6-18(27)26-14)22(29)19-21(15-7-9-16(25)10-8-15)28(24(31)23(19)30)13-17-5-4-12-32-17/h2-12,21,29H,13H2,1H3. The van der Waals surface area contributed by atoms with Gasteiger partial charge in [0, 0.05) is 10.7 Å². The Morgan fingerprint density at radius 3 is 2.62 bits per heavy atom. The van der Waals surface area contributed by atoms with Crippen LogP contribution in [0.15, 0.2) is 81.5 Å². The molecule has 5 rings (SSSR count). The number of ketones is 1. The molecule has 0 saturated carbocycles. The van der Waals surface area contributed by atoms with E-state index < -0.39 is 17.7 Å². The Morgan fingerprint density at radius 2 is 1.91 bits per heavy atom. The van der Waals surface area contributed by atoms with Gasteiger partial charge in [-0.25, -0.2) is 4.98 Å². The Hall–Kier alpha value is -3.65. The van der Waals surface area contributed by atoms with Crippen molar-refractivity contribution in [3.8, 4) is 0 Å². The van der Waals surface area contributed by atoms with Crippen molar-refractivity contribution in [3.05, 3.63) is 99.8 Å². The molecule has 1 aliphatic heterocycles. The van der Waals surface area contributed by atoms with Gasteiger partial charge in [0.25, 0.3) is 11.7 Å². The van der Waals surface area contributed by atoms with E-state index in [4.69, 9.17) is 4.42 Å². The molecule has 160 valence electrons. The third-order valence-electron chi connectivity index (χ3n) is 5.56. The Kier molecular flexibility index (Phi) is 4.94. The minimum Gasteiger partial charge on any atom is -0.505 e. The molecule has 1 N–H and O–H groups in total. The van der Waals surface area contributed by atoms with E-state index in [1.165, 1.54) is 11.2 Å². The molecule has 0 bridgehead atoms. The van der Waals surface area contributed by atoms with Crippen LogP contribution < -0.4 is 0 Å². The lowest BCUT2D eigenvalue weighted by Crippen LogP contribution is -2.29. The fraction of sp³-hybridized carbons (Fsp3) is 0.125. The number of rotatable bonds is 4. The number of hydrogen-bond donors (Lipinski definition) is 1. The fourth-order valence-corrected chi connectivity index (χ4v) is 4.40. The molecule has 32 heavy (non-hydrogen) atoms. The van der Waals surface area contributed by atoms with E-state index in [0.29, 0.717) is 28.4 Å². The first kappa shape index (κ1) is 20.3. The van der Waals surface area contributed by atoms with Crippen molar-refractivity contribution < 1.29 is 19.1 Å². The smallest absolute Gasteiger partial charge is 0.296 e. The molecule has 1 saturated heterocycles. The lowest BCUT2D eigenvalue weighted by Gasteiger charge is -2.24. The first-order valence-electron chi connectivity index (χ1n) is 9.96. The van der Waals surface area contributed by atoms with Crippen LogP contribution in [0.1, 0.15) is 28.8 Å². The van der Waals surface area contributed by atoms with Crippen LogP contribution in [0.4, 0.5) is 0 Å². The van der Waals surface area contributed by atoms with Gasteiger partial charge in [-0.1, -0.05) is 34.1 Å². The molecule has 1 amide bonds. The summed E-state index contributed by atoms with van der Waals surface area (Å²) in [7, 11) is 0. The van der Waals surface area contributed by atoms with E-state index in [1.807, 2.05) is 42.5 Å². The van der Waals surface area contributed by atoms with Crippen LogP contribution in [0, 0.1) is 6.92 Å². The molecule has 1 aromatic carbocycles. The number of imidazole rings is 1. The summed E-state index contributed by atoms with van der Waals surface area (Å²) < 4.78 is 8.00. The number of carbonyl (C=O) groups excluding carboxylic acids is 2. The number of aromatic nitrogens is 2. The molecular weight excluding hydrogens is 474 g/mol. The number of carbonyl (C=O) groups is 2. The third kappa shape index (κ3) is 3.23. The van der Waals surface area contributed by atoms with Crippen LogP contribution in [0.5, 0.6) is 0 Å². The molecule has 0 spiro atoms. The normalized spacial score (nSPS) is 18.1. The van der Waals surface area contributed by atoms with Crippen molar-refractivity contribution in [2.24, 2.45) is 0 Å². The topological polar surface area (TPSA) is 88.0 Å². The number of halogens is 1. The number of pyridine rings is 1. The maximum absolute atomic E-state index is 13.2. The first-order valence-corrected chi connectivity index (χ1v) is 10.8. The molecule has 4 heterocycles. The number of Topliss-reactive ketones (excluding diaryl/α,β-unsaturated/α-hetero) is 1. The summed E-state index contributed by atoms with van der Waals surface area (Å²) in [6.07, 6.45) is 3.28. The minimum atomic E-state index is -0.776. The number of aliphatic hydroxyl groups is 1.